The molecule has 1 aromatic heterocycles. The van der Waals surface area contributed by atoms with Crippen LogP contribution in [0.1, 0.15) is 49.7 Å². The van der Waals surface area contributed by atoms with Crippen LogP contribution in [-0.2, 0) is 39.8 Å². The van der Waals surface area contributed by atoms with Crippen molar-refractivity contribution in [2.24, 2.45) is 11.8 Å². The van der Waals surface area contributed by atoms with Gasteiger partial charge in [0.1, 0.15) is 18.6 Å². The second-order valence-corrected chi connectivity index (χ2v) is 10.9. The van der Waals surface area contributed by atoms with Gasteiger partial charge in [0, 0.05) is 24.0 Å². The first kappa shape index (κ1) is 33.5. The predicted octanol–water partition coefficient (Wildman–Crippen LogP) is 3.18. The maximum Gasteiger partial charge on any atom is 0.332 e. The van der Waals surface area contributed by atoms with E-state index in [1.165, 1.54) is 26.3 Å². The molecule has 1 aliphatic heterocycles. The van der Waals surface area contributed by atoms with Crippen molar-refractivity contribution < 1.29 is 47.7 Å². The first-order chi connectivity index (χ1) is 20.5. The highest BCUT2D eigenvalue weighted by Gasteiger charge is 2.42. The molecule has 1 fully saturated rings. The van der Waals surface area contributed by atoms with Gasteiger partial charge in [0.2, 0.25) is 5.75 Å². The Morgan fingerprint density at radius 1 is 1.12 bits per heavy atom. The Hall–Kier alpha value is -4.00. The number of aromatic nitrogens is 1. The third-order valence-electron chi connectivity index (χ3n) is 6.50. The topological polar surface area (TPSA) is 156 Å². The molecule has 0 spiro atoms. The van der Waals surface area contributed by atoms with E-state index in [2.05, 4.69) is 26.2 Å². The van der Waals surface area contributed by atoms with Crippen molar-refractivity contribution in [3.8, 4) is 11.5 Å². The molecule has 0 unspecified atom stereocenters. The van der Waals surface area contributed by atoms with Crippen molar-refractivity contribution in [3.63, 3.8) is 0 Å². The number of esters is 4. The summed E-state index contributed by atoms with van der Waals surface area (Å²) >= 11 is 3.24. The average molecular weight is 664 g/mol. The quantitative estimate of drug-likeness (QED) is 0.214. The maximum absolute atomic E-state index is 13.4. The summed E-state index contributed by atoms with van der Waals surface area (Å²) in [6.07, 6.45) is -0.248. The average Bonchev–Trinajstić information content (AvgIpc) is 3.02. The maximum atomic E-state index is 13.4. The second kappa shape index (κ2) is 16.0. The number of carbonyl (C=O) groups excluding carboxylic acids is 5. The number of amides is 1. The lowest BCUT2D eigenvalue weighted by atomic mass is 9.91. The summed E-state index contributed by atoms with van der Waals surface area (Å²) in [4.78, 5) is 68.9. The summed E-state index contributed by atoms with van der Waals surface area (Å²) in [6, 6.07) is 9.01. The molecule has 4 atom stereocenters. The number of nitrogens with zero attached hydrogens (tertiary/aromatic N) is 1. The smallest absolute Gasteiger partial charge is 0.332 e. The van der Waals surface area contributed by atoms with E-state index < -0.39 is 66.5 Å². The van der Waals surface area contributed by atoms with Crippen molar-refractivity contribution in [3.05, 3.63) is 53.9 Å². The van der Waals surface area contributed by atoms with Crippen LogP contribution in [0.5, 0.6) is 11.5 Å². The lowest BCUT2D eigenvalue weighted by Crippen LogP contribution is -2.47. The van der Waals surface area contributed by atoms with Crippen LogP contribution < -0.4 is 14.8 Å². The normalized spacial score (nSPS) is 20.5. The molecule has 232 valence electrons. The van der Waals surface area contributed by atoms with Gasteiger partial charge in [0.25, 0.3) is 5.91 Å². The zero-order valence-corrected chi connectivity index (χ0v) is 26.0. The highest BCUT2D eigenvalue weighted by molar-refractivity contribution is 9.09. The van der Waals surface area contributed by atoms with E-state index in [4.69, 9.17) is 23.7 Å². The number of methoxy groups -OCH3 is 1. The number of carbonyl (C=O) groups is 5. The third-order valence-corrected chi connectivity index (χ3v) is 7.06. The van der Waals surface area contributed by atoms with Crippen molar-refractivity contribution in [2.45, 2.75) is 58.3 Å². The number of pyridine rings is 1. The van der Waals surface area contributed by atoms with Crippen LogP contribution in [0, 0.1) is 11.8 Å². The Bertz CT molecular complexity index is 1300. The van der Waals surface area contributed by atoms with E-state index in [-0.39, 0.29) is 30.0 Å². The molecule has 13 heteroatoms. The minimum atomic E-state index is -1.46. The molecule has 1 N–H and O–H groups in total. The number of benzene rings is 1. The Balaban J connectivity index is 1.88. The van der Waals surface area contributed by atoms with Gasteiger partial charge in [-0.15, -0.1) is 0 Å². The van der Waals surface area contributed by atoms with Crippen molar-refractivity contribution in [2.75, 3.05) is 19.0 Å². The fraction of sp³-hybridized carbons (Fsp3) is 0.467. The number of ether oxygens (including phenoxy) is 5. The van der Waals surface area contributed by atoms with Crippen molar-refractivity contribution in [1.29, 1.82) is 0 Å². The summed E-state index contributed by atoms with van der Waals surface area (Å²) in [5, 5.41) is 3.03. The summed E-state index contributed by atoms with van der Waals surface area (Å²) in [5.74, 6) is -5.44. The zero-order chi connectivity index (χ0) is 31.5. The number of rotatable bonds is 11. The number of cyclic esters (lactones) is 2. The van der Waals surface area contributed by atoms with Gasteiger partial charge < -0.3 is 29.0 Å². The van der Waals surface area contributed by atoms with E-state index in [0.29, 0.717) is 11.8 Å². The van der Waals surface area contributed by atoms with Crippen LogP contribution in [0.3, 0.4) is 0 Å². The van der Waals surface area contributed by atoms with Crippen LogP contribution in [0.15, 0.2) is 42.6 Å². The summed E-state index contributed by atoms with van der Waals surface area (Å²) in [6.45, 7) is 4.21. The minimum Gasteiger partial charge on any atom is -0.493 e. The molecule has 1 amide bonds. The van der Waals surface area contributed by atoms with Gasteiger partial charge in [-0.3, -0.25) is 19.2 Å². The molecule has 0 radical (unpaired) electrons. The molecule has 43 heavy (non-hydrogen) atoms. The first-order valence-corrected chi connectivity index (χ1v) is 14.9. The number of nitrogens with one attached hydrogen (secondary N) is 1. The van der Waals surface area contributed by atoms with E-state index >= 15 is 0 Å². The van der Waals surface area contributed by atoms with Crippen LogP contribution in [0.4, 0.5) is 0 Å². The fourth-order valence-electron chi connectivity index (χ4n) is 4.20. The van der Waals surface area contributed by atoms with Gasteiger partial charge >= 0.3 is 23.9 Å². The lowest BCUT2D eigenvalue weighted by Gasteiger charge is -2.29. The molecule has 3 rings (SSSR count). The molecule has 1 saturated heterocycles. The monoisotopic (exact) mass is 662 g/mol. The van der Waals surface area contributed by atoms with Crippen LogP contribution in [-0.4, -0.2) is 72.1 Å². The largest absolute Gasteiger partial charge is 0.493 e. The lowest BCUT2D eigenvalue weighted by molar-refractivity contribution is -0.176. The molecule has 2 aromatic rings. The molecule has 0 aliphatic carbocycles. The minimum absolute atomic E-state index is 0.0693. The van der Waals surface area contributed by atoms with Crippen molar-refractivity contribution >= 4 is 45.7 Å². The Kier molecular flexibility index (Phi) is 12.5. The predicted molar refractivity (Wildman–Crippen MR) is 156 cm³/mol. The first-order valence-electron chi connectivity index (χ1n) is 13.8. The van der Waals surface area contributed by atoms with Crippen molar-refractivity contribution in [1.82, 2.24) is 10.3 Å². The molecule has 12 nitrogen and oxygen atoms in total. The Labute approximate surface area is 257 Å². The summed E-state index contributed by atoms with van der Waals surface area (Å²) in [7, 11) is 1.33. The second-order valence-electron chi connectivity index (χ2n) is 10.1. The van der Waals surface area contributed by atoms with Gasteiger partial charge in [-0.2, -0.15) is 0 Å². The number of alkyl halides is 1. The Morgan fingerprint density at radius 2 is 1.84 bits per heavy atom. The van der Waals surface area contributed by atoms with E-state index in [9.17, 15) is 24.0 Å². The van der Waals surface area contributed by atoms with Gasteiger partial charge in [0.05, 0.1) is 13.0 Å². The molecule has 1 aromatic carbocycles. The van der Waals surface area contributed by atoms with Gasteiger partial charge in [-0.05, 0) is 25.3 Å². The number of hydrogen-bond donors (Lipinski definition) is 1. The highest BCUT2D eigenvalue weighted by Crippen LogP contribution is 2.30. The van der Waals surface area contributed by atoms with Gasteiger partial charge in [-0.25, -0.2) is 9.78 Å². The van der Waals surface area contributed by atoms with E-state index in [0.717, 1.165) is 5.56 Å². The molecule has 0 saturated carbocycles. The zero-order valence-electron chi connectivity index (χ0n) is 24.4. The molecular weight excluding hydrogens is 628 g/mol. The number of halogens is 1. The van der Waals surface area contributed by atoms with Gasteiger partial charge in [-0.1, -0.05) is 60.1 Å². The third kappa shape index (κ3) is 9.24. The number of hydrogen-bond acceptors (Lipinski definition) is 11. The SMILES string of the molecule is COc1ccnc(C(=O)N[C@H]2COC(=O)[C@H](Cc3ccccc3)[C@@H](OC(=O)C(C)C)[C@H](C)OC2=O)c1OC(=O)CCCBr. The molecule has 1 aliphatic rings. The van der Waals surface area contributed by atoms with Crippen LogP contribution in [0.25, 0.3) is 0 Å². The molecule has 0 bridgehead atoms. The van der Waals surface area contributed by atoms with E-state index in [1.54, 1.807) is 26.0 Å². The Morgan fingerprint density at radius 3 is 2.49 bits per heavy atom. The van der Waals surface area contributed by atoms with E-state index in [1.807, 2.05) is 18.2 Å². The highest BCUT2D eigenvalue weighted by atomic mass is 79.9. The fourth-order valence-corrected chi connectivity index (χ4v) is 4.49. The summed E-state index contributed by atoms with van der Waals surface area (Å²) in [5.41, 5.74) is 0.448. The van der Waals surface area contributed by atoms with Crippen LogP contribution in [0.2, 0.25) is 0 Å². The van der Waals surface area contributed by atoms with Crippen LogP contribution >= 0.6 is 15.9 Å². The molecular formula is C30H35BrN2O10. The molecule has 2 heterocycles. The summed E-state index contributed by atoms with van der Waals surface area (Å²) < 4.78 is 27.4. The van der Waals surface area contributed by atoms with Gasteiger partial charge in [0.15, 0.2) is 23.6 Å². The standard InChI is InChI=1S/C30H35BrN2O10/c1-17(2)28(36)43-25-18(3)41-30(38)21(16-40-29(37)20(25)15-19-9-6-5-7-10-19)33-27(35)24-26(22(39-4)12-14-32-24)42-23(34)11-8-13-31/h5-7,9-10,12,14,17-18,20-21,25H,8,11,13,15-16H2,1-4H3,(H,33,35)/t18-,20+,21-,25-/m0/s1.